The van der Waals surface area contributed by atoms with Crippen molar-refractivity contribution in [2.45, 2.75) is 20.4 Å². The Balaban J connectivity index is 2.41. The maximum atomic E-state index is 2.44. The Morgan fingerprint density at radius 2 is 1.29 bits per heavy atom. The molecule has 0 saturated heterocycles. The van der Waals surface area contributed by atoms with Crippen LogP contribution in [0.5, 0.6) is 0 Å². The highest BCUT2D eigenvalue weighted by molar-refractivity contribution is 6.07. The molecule has 1 heteroatoms. The summed E-state index contributed by atoms with van der Waals surface area (Å²) in [6.45, 7) is 5.61. The van der Waals surface area contributed by atoms with Gasteiger partial charge in [-0.15, -0.1) is 0 Å². The molecule has 0 aliphatic carbocycles. The molecule has 0 amide bonds. The lowest BCUT2D eigenvalue weighted by Crippen LogP contribution is -2.03. The number of hydrogen-bond acceptors (Lipinski definition) is 0. The van der Waals surface area contributed by atoms with E-state index in [1.807, 2.05) is 0 Å². The van der Waals surface area contributed by atoms with Gasteiger partial charge in [-0.3, -0.25) is 0 Å². The molecule has 2 aromatic carbocycles. The van der Waals surface area contributed by atoms with Gasteiger partial charge in [-0.25, -0.2) is 0 Å². The second kappa shape index (κ2) is 3.92. The smallest absolute Gasteiger partial charge is 0.0491 e. The number of nitrogens with zero attached hydrogens (tertiary/aromatic N) is 1. The lowest BCUT2D eigenvalue weighted by molar-refractivity contribution is 0.545. The third-order valence-corrected chi connectivity index (χ3v) is 3.23. The van der Waals surface area contributed by atoms with Gasteiger partial charge in [-0.2, -0.15) is 0 Å². The van der Waals surface area contributed by atoms with E-state index in [1.165, 1.54) is 21.8 Å². The monoisotopic (exact) mass is 223 g/mol. The molecule has 0 spiro atoms. The predicted molar refractivity (Wildman–Crippen MR) is 74.3 cm³/mol. The zero-order chi connectivity index (χ0) is 11.8. The summed E-state index contributed by atoms with van der Waals surface area (Å²) in [6, 6.07) is 17.4. The van der Waals surface area contributed by atoms with Gasteiger partial charge in [-0.05, 0) is 18.1 Å². The van der Waals surface area contributed by atoms with Crippen LogP contribution in [0.3, 0.4) is 0 Å². The van der Waals surface area contributed by atoms with Gasteiger partial charge in [0.15, 0.2) is 0 Å². The van der Waals surface area contributed by atoms with Crippen molar-refractivity contribution in [2.24, 2.45) is 5.92 Å². The zero-order valence-corrected chi connectivity index (χ0v) is 10.4. The highest BCUT2D eigenvalue weighted by atomic mass is 15.0. The van der Waals surface area contributed by atoms with Crippen molar-refractivity contribution in [3.63, 3.8) is 0 Å². The highest BCUT2D eigenvalue weighted by Crippen LogP contribution is 2.29. The summed E-state index contributed by atoms with van der Waals surface area (Å²) in [6.07, 6.45) is 0. The SMILES string of the molecule is CC(C)Cn1c2ccccc2c2ccccc21. The van der Waals surface area contributed by atoms with Gasteiger partial charge in [0, 0.05) is 28.4 Å². The molecule has 0 radical (unpaired) electrons. The Morgan fingerprint density at radius 1 is 0.824 bits per heavy atom. The quantitative estimate of drug-likeness (QED) is 0.605. The largest absolute Gasteiger partial charge is 0.340 e. The van der Waals surface area contributed by atoms with Crippen LogP contribution >= 0.6 is 0 Å². The fraction of sp³-hybridized carbons (Fsp3) is 0.250. The van der Waals surface area contributed by atoms with Gasteiger partial charge in [0.05, 0.1) is 0 Å². The van der Waals surface area contributed by atoms with E-state index in [0.717, 1.165) is 6.54 Å². The van der Waals surface area contributed by atoms with Crippen LogP contribution < -0.4 is 0 Å². The number of fused-ring (bicyclic) bond motifs is 3. The third kappa shape index (κ3) is 1.62. The van der Waals surface area contributed by atoms with E-state index < -0.39 is 0 Å². The fourth-order valence-corrected chi connectivity index (χ4v) is 2.57. The Kier molecular flexibility index (Phi) is 2.40. The van der Waals surface area contributed by atoms with E-state index >= 15 is 0 Å². The summed E-state index contributed by atoms with van der Waals surface area (Å²) >= 11 is 0. The van der Waals surface area contributed by atoms with Gasteiger partial charge < -0.3 is 4.57 Å². The lowest BCUT2D eigenvalue weighted by Gasteiger charge is -2.09. The van der Waals surface area contributed by atoms with E-state index in [1.54, 1.807) is 0 Å². The van der Waals surface area contributed by atoms with Crippen molar-refractivity contribution >= 4 is 21.8 Å². The molecule has 1 heterocycles. The molecule has 3 aromatic rings. The van der Waals surface area contributed by atoms with E-state index in [0.29, 0.717) is 5.92 Å². The number of benzene rings is 2. The van der Waals surface area contributed by atoms with Gasteiger partial charge in [0.2, 0.25) is 0 Å². The average Bonchev–Trinajstić information content (AvgIpc) is 2.65. The first-order chi connectivity index (χ1) is 8.27. The molecular formula is C16H17N. The van der Waals surface area contributed by atoms with Crippen LogP contribution in [0.15, 0.2) is 48.5 Å². The predicted octanol–water partition coefficient (Wildman–Crippen LogP) is 4.45. The molecule has 0 unspecified atom stereocenters. The van der Waals surface area contributed by atoms with Crippen LogP contribution in [-0.4, -0.2) is 4.57 Å². The molecule has 86 valence electrons. The minimum Gasteiger partial charge on any atom is -0.340 e. The maximum Gasteiger partial charge on any atom is 0.0491 e. The number of aromatic nitrogens is 1. The summed E-state index contributed by atoms with van der Waals surface area (Å²) in [7, 11) is 0. The van der Waals surface area contributed by atoms with E-state index in [4.69, 9.17) is 0 Å². The summed E-state index contributed by atoms with van der Waals surface area (Å²) in [5.74, 6) is 0.661. The van der Waals surface area contributed by atoms with E-state index in [9.17, 15) is 0 Å². The molecule has 0 saturated carbocycles. The molecule has 0 bridgehead atoms. The van der Waals surface area contributed by atoms with E-state index in [-0.39, 0.29) is 0 Å². The standard InChI is InChI=1S/C16H17N/c1-12(2)11-17-15-9-5-3-7-13(15)14-8-4-6-10-16(14)17/h3-10,12H,11H2,1-2H3. The second-order valence-electron chi connectivity index (χ2n) is 5.04. The van der Waals surface area contributed by atoms with Gasteiger partial charge in [0.1, 0.15) is 0 Å². The van der Waals surface area contributed by atoms with Crippen LogP contribution in [0.4, 0.5) is 0 Å². The first-order valence-electron chi connectivity index (χ1n) is 6.23. The molecule has 1 nitrogen and oxygen atoms in total. The Morgan fingerprint density at radius 3 is 1.76 bits per heavy atom. The second-order valence-corrected chi connectivity index (χ2v) is 5.04. The summed E-state index contributed by atoms with van der Waals surface area (Å²) in [5, 5.41) is 2.73. The van der Waals surface area contributed by atoms with Crippen LogP contribution in [-0.2, 0) is 6.54 Å². The van der Waals surface area contributed by atoms with Crippen molar-refractivity contribution in [1.82, 2.24) is 4.57 Å². The minimum atomic E-state index is 0.661. The molecular weight excluding hydrogens is 206 g/mol. The average molecular weight is 223 g/mol. The molecule has 3 rings (SSSR count). The molecule has 0 fully saturated rings. The van der Waals surface area contributed by atoms with Gasteiger partial charge in [0.25, 0.3) is 0 Å². The first kappa shape index (κ1) is 10.4. The number of rotatable bonds is 2. The maximum absolute atomic E-state index is 2.44. The summed E-state index contributed by atoms with van der Waals surface area (Å²) < 4.78 is 2.44. The Hall–Kier alpha value is -1.76. The summed E-state index contributed by atoms with van der Waals surface area (Å²) in [5.41, 5.74) is 2.70. The molecule has 0 aliphatic heterocycles. The van der Waals surface area contributed by atoms with E-state index in [2.05, 4.69) is 66.9 Å². The van der Waals surface area contributed by atoms with Crippen LogP contribution in [0.2, 0.25) is 0 Å². The van der Waals surface area contributed by atoms with Crippen molar-refractivity contribution in [2.75, 3.05) is 0 Å². The third-order valence-electron chi connectivity index (χ3n) is 3.23. The molecule has 17 heavy (non-hydrogen) atoms. The van der Waals surface area contributed by atoms with Crippen LogP contribution in [0, 0.1) is 5.92 Å². The zero-order valence-electron chi connectivity index (χ0n) is 10.4. The topological polar surface area (TPSA) is 4.93 Å². The lowest BCUT2D eigenvalue weighted by atomic mass is 10.2. The van der Waals surface area contributed by atoms with Crippen molar-refractivity contribution in [3.8, 4) is 0 Å². The molecule has 0 aliphatic rings. The minimum absolute atomic E-state index is 0.661. The first-order valence-corrected chi connectivity index (χ1v) is 6.23. The number of para-hydroxylation sites is 2. The van der Waals surface area contributed by atoms with Crippen molar-refractivity contribution < 1.29 is 0 Å². The Labute approximate surface area is 102 Å². The van der Waals surface area contributed by atoms with Crippen LogP contribution in [0.25, 0.3) is 21.8 Å². The highest BCUT2D eigenvalue weighted by Gasteiger charge is 2.09. The summed E-state index contributed by atoms with van der Waals surface area (Å²) in [4.78, 5) is 0. The molecule has 1 aromatic heterocycles. The van der Waals surface area contributed by atoms with Gasteiger partial charge in [-0.1, -0.05) is 50.2 Å². The van der Waals surface area contributed by atoms with Crippen molar-refractivity contribution in [3.05, 3.63) is 48.5 Å². The Bertz CT molecular complexity index is 608. The normalized spacial score (nSPS) is 11.7. The van der Waals surface area contributed by atoms with Gasteiger partial charge >= 0.3 is 0 Å². The van der Waals surface area contributed by atoms with Crippen LogP contribution in [0.1, 0.15) is 13.8 Å². The number of hydrogen-bond donors (Lipinski definition) is 0. The fourth-order valence-electron chi connectivity index (χ4n) is 2.57. The van der Waals surface area contributed by atoms with Crippen molar-refractivity contribution in [1.29, 1.82) is 0 Å². The molecule has 0 N–H and O–H groups in total. The molecule has 0 atom stereocenters.